The van der Waals surface area contributed by atoms with Crippen molar-refractivity contribution < 1.29 is 49.2 Å². The summed E-state index contributed by atoms with van der Waals surface area (Å²) in [5, 5.41) is 39.8. The molecule has 0 aliphatic heterocycles. The minimum atomic E-state index is -1.89. The molecular weight excluding hydrogens is 422 g/mol. The first-order valence-electron chi connectivity index (χ1n) is 8.99. The van der Waals surface area contributed by atoms with Gasteiger partial charge in [-0.15, -0.1) is 0 Å². The number of rotatable bonds is 15. The summed E-state index contributed by atoms with van der Waals surface area (Å²) in [7, 11) is 0. The Morgan fingerprint density at radius 3 is 1.90 bits per heavy atom. The number of carboxylic acid groups (broad SMARTS) is 2. The number of aliphatic carboxylic acids is 2. The highest BCUT2D eigenvalue weighted by atomic mass is 16.4. The number of aliphatic hydroxyl groups excluding tert-OH is 2. The highest BCUT2D eigenvalue weighted by Crippen LogP contribution is 2.08. The van der Waals surface area contributed by atoms with Gasteiger partial charge in [-0.25, -0.2) is 15.0 Å². The minimum absolute atomic E-state index is 0.361. The molecule has 0 spiro atoms. The van der Waals surface area contributed by atoms with E-state index >= 15 is 0 Å². The van der Waals surface area contributed by atoms with Gasteiger partial charge in [-0.3, -0.25) is 24.2 Å². The van der Waals surface area contributed by atoms with Crippen LogP contribution in [0.5, 0.6) is 0 Å². The van der Waals surface area contributed by atoms with Gasteiger partial charge in [0.25, 0.3) is 0 Å². The standard InChI is InChI=1S/C16H27N5O10/c1-7(23)4-13(26)21(10(16(30)31)5-12(18)25)20-9(6-22)14(27)19-8(15(28)29)2-3-11(17)24/h7-10,20,22-23H,2-6H2,1H3,(H2,17,24)(H2,18,25)(H,19,27)(H,28,29)(H,30,31)/t7?,8-,9-,10-/m0/s1. The maximum absolute atomic E-state index is 12.4. The van der Waals surface area contributed by atoms with Gasteiger partial charge in [0.05, 0.1) is 25.6 Å². The number of hydrogen-bond acceptors (Lipinski definition) is 9. The van der Waals surface area contributed by atoms with Crippen LogP contribution in [0, 0.1) is 0 Å². The van der Waals surface area contributed by atoms with Crippen LogP contribution in [0.2, 0.25) is 0 Å². The van der Waals surface area contributed by atoms with E-state index in [1.54, 1.807) is 0 Å². The van der Waals surface area contributed by atoms with Crippen LogP contribution in [0.1, 0.15) is 32.6 Å². The van der Waals surface area contributed by atoms with E-state index < -0.39 is 79.2 Å². The first-order valence-corrected chi connectivity index (χ1v) is 8.99. The summed E-state index contributed by atoms with van der Waals surface area (Å²) in [4.78, 5) is 69.6. The Bertz CT molecular complexity index is 698. The molecule has 4 amide bonds. The third kappa shape index (κ3) is 10.3. The number of carbonyl (C=O) groups excluding carboxylic acids is 4. The molecule has 1 unspecified atom stereocenters. The summed E-state index contributed by atoms with van der Waals surface area (Å²) in [6.45, 7) is 0.210. The first kappa shape index (κ1) is 27.7. The van der Waals surface area contributed by atoms with Gasteiger partial charge in [0.2, 0.25) is 23.6 Å². The Morgan fingerprint density at radius 1 is 0.935 bits per heavy atom. The fourth-order valence-electron chi connectivity index (χ4n) is 2.33. The fourth-order valence-corrected chi connectivity index (χ4v) is 2.33. The average Bonchev–Trinajstić information content (AvgIpc) is 2.62. The number of aliphatic hydroxyl groups is 2. The molecule has 15 nitrogen and oxygen atoms in total. The zero-order valence-corrected chi connectivity index (χ0v) is 16.7. The topological polar surface area (TPSA) is 263 Å². The van der Waals surface area contributed by atoms with E-state index in [1.165, 1.54) is 6.92 Å². The lowest BCUT2D eigenvalue weighted by Crippen LogP contribution is -2.62. The van der Waals surface area contributed by atoms with Gasteiger partial charge >= 0.3 is 11.9 Å². The predicted octanol–water partition coefficient (Wildman–Crippen LogP) is -4.39. The Kier molecular flexibility index (Phi) is 11.7. The number of hydrogen-bond donors (Lipinski definition) is 8. The third-order valence-corrected chi connectivity index (χ3v) is 3.82. The molecule has 0 aliphatic carbocycles. The van der Waals surface area contributed by atoms with Gasteiger partial charge in [0.15, 0.2) is 6.04 Å². The van der Waals surface area contributed by atoms with Gasteiger partial charge in [-0.05, 0) is 13.3 Å². The molecule has 0 rings (SSSR count). The molecule has 0 bridgehead atoms. The Labute approximate surface area is 176 Å². The van der Waals surface area contributed by atoms with Crippen molar-refractivity contribution in [3.8, 4) is 0 Å². The third-order valence-electron chi connectivity index (χ3n) is 3.82. The lowest BCUT2D eigenvalue weighted by Gasteiger charge is -2.32. The first-order chi connectivity index (χ1) is 14.3. The molecule has 10 N–H and O–H groups in total. The van der Waals surface area contributed by atoms with Crippen molar-refractivity contribution in [2.24, 2.45) is 11.5 Å². The summed E-state index contributed by atoms with van der Waals surface area (Å²) in [5.74, 6) is -7.29. The molecule has 0 aromatic rings. The minimum Gasteiger partial charge on any atom is -0.480 e. The molecule has 15 heteroatoms. The maximum Gasteiger partial charge on any atom is 0.328 e. The summed E-state index contributed by atoms with van der Waals surface area (Å²) >= 11 is 0. The van der Waals surface area contributed by atoms with Crippen LogP contribution < -0.4 is 22.2 Å². The summed E-state index contributed by atoms with van der Waals surface area (Å²) < 4.78 is 0. The van der Waals surface area contributed by atoms with Crippen LogP contribution in [0.4, 0.5) is 0 Å². The Morgan fingerprint density at radius 2 is 1.52 bits per heavy atom. The lowest BCUT2D eigenvalue weighted by atomic mass is 10.1. The van der Waals surface area contributed by atoms with Crippen molar-refractivity contribution in [1.82, 2.24) is 15.8 Å². The normalized spacial score (nSPS) is 14.5. The van der Waals surface area contributed by atoms with Crippen molar-refractivity contribution in [2.45, 2.75) is 56.8 Å². The van der Waals surface area contributed by atoms with Crippen LogP contribution in [0.3, 0.4) is 0 Å². The fraction of sp³-hybridized carbons (Fsp3) is 0.625. The maximum atomic E-state index is 12.4. The second-order valence-corrected chi connectivity index (χ2v) is 6.61. The monoisotopic (exact) mass is 449 g/mol. The van der Waals surface area contributed by atoms with E-state index in [9.17, 15) is 44.1 Å². The smallest absolute Gasteiger partial charge is 0.328 e. The Hall–Kier alpha value is -3.30. The van der Waals surface area contributed by atoms with Crippen molar-refractivity contribution >= 4 is 35.6 Å². The molecule has 0 saturated heterocycles. The average molecular weight is 449 g/mol. The highest BCUT2D eigenvalue weighted by molar-refractivity contribution is 5.90. The van der Waals surface area contributed by atoms with Crippen molar-refractivity contribution in [2.75, 3.05) is 6.61 Å². The molecule has 4 atom stereocenters. The molecule has 0 heterocycles. The van der Waals surface area contributed by atoms with E-state index in [4.69, 9.17) is 16.6 Å². The molecule has 31 heavy (non-hydrogen) atoms. The largest absolute Gasteiger partial charge is 0.480 e. The quantitative estimate of drug-likeness (QED) is 0.111. The number of nitrogens with two attached hydrogens (primary N) is 2. The number of carbonyl (C=O) groups is 6. The number of carboxylic acids is 2. The van der Waals surface area contributed by atoms with E-state index in [1.807, 2.05) is 5.32 Å². The molecule has 176 valence electrons. The van der Waals surface area contributed by atoms with E-state index in [0.29, 0.717) is 5.01 Å². The Balaban J connectivity index is 5.67. The summed E-state index contributed by atoms with van der Waals surface area (Å²) in [6, 6.07) is -5.20. The highest BCUT2D eigenvalue weighted by Gasteiger charge is 2.35. The molecule has 0 aliphatic rings. The summed E-state index contributed by atoms with van der Waals surface area (Å²) in [6.07, 6.45) is -3.41. The number of nitrogens with one attached hydrogen (secondary N) is 2. The molecule has 0 fully saturated rings. The van der Waals surface area contributed by atoms with Crippen molar-refractivity contribution in [1.29, 1.82) is 0 Å². The summed E-state index contributed by atoms with van der Waals surface area (Å²) in [5.41, 5.74) is 12.1. The SMILES string of the molecule is CC(O)CC(=O)N(N[C@@H](CO)C(=O)N[C@@H](CCC(N)=O)C(=O)O)[C@@H](CC(N)=O)C(=O)O. The van der Waals surface area contributed by atoms with Crippen LogP contribution in [0.25, 0.3) is 0 Å². The molecule has 0 saturated carbocycles. The second-order valence-electron chi connectivity index (χ2n) is 6.61. The number of amides is 4. The van der Waals surface area contributed by atoms with Crippen LogP contribution in [0.15, 0.2) is 0 Å². The van der Waals surface area contributed by atoms with Gasteiger partial charge in [-0.1, -0.05) is 0 Å². The number of nitrogens with zero attached hydrogens (tertiary/aromatic N) is 1. The van der Waals surface area contributed by atoms with E-state index in [-0.39, 0.29) is 12.8 Å². The van der Waals surface area contributed by atoms with Crippen LogP contribution in [-0.2, 0) is 28.8 Å². The molecule has 0 aromatic carbocycles. The zero-order valence-electron chi connectivity index (χ0n) is 16.7. The van der Waals surface area contributed by atoms with Crippen LogP contribution in [-0.4, -0.2) is 91.8 Å². The van der Waals surface area contributed by atoms with Crippen LogP contribution >= 0.6 is 0 Å². The lowest BCUT2D eigenvalue weighted by molar-refractivity contribution is -0.157. The molecule has 0 radical (unpaired) electrons. The van der Waals surface area contributed by atoms with Gasteiger partial charge in [-0.2, -0.15) is 0 Å². The van der Waals surface area contributed by atoms with Gasteiger partial charge in [0.1, 0.15) is 12.1 Å². The van der Waals surface area contributed by atoms with Crippen molar-refractivity contribution in [3.63, 3.8) is 0 Å². The zero-order chi connectivity index (χ0) is 24.3. The second kappa shape index (κ2) is 13.1. The van der Waals surface area contributed by atoms with Gasteiger partial charge < -0.3 is 37.2 Å². The van der Waals surface area contributed by atoms with Crippen molar-refractivity contribution in [3.05, 3.63) is 0 Å². The molecule has 0 aromatic heterocycles. The predicted molar refractivity (Wildman–Crippen MR) is 100 cm³/mol. The van der Waals surface area contributed by atoms with Gasteiger partial charge in [0, 0.05) is 6.42 Å². The van der Waals surface area contributed by atoms with E-state index in [2.05, 4.69) is 5.43 Å². The number of primary amides is 2. The number of hydrazine groups is 1. The molecular formula is C16H27N5O10. The van der Waals surface area contributed by atoms with E-state index in [0.717, 1.165) is 0 Å².